The van der Waals surface area contributed by atoms with Crippen molar-refractivity contribution in [2.24, 2.45) is 0 Å². The summed E-state index contributed by atoms with van der Waals surface area (Å²) in [5, 5.41) is 0.363. The number of benzene rings is 2. The van der Waals surface area contributed by atoms with Gasteiger partial charge in [-0.25, -0.2) is 4.79 Å². The first-order valence-corrected chi connectivity index (χ1v) is 12.0. The Balaban J connectivity index is 1.42. The molecule has 0 bridgehead atoms. The van der Waals surface area contributed by atoms with Crippen molar-refractivity contribution in [2.75, 3.05) is 38.3 Å². The first kappa shape index (κ1) is 24.0. The molecule has 2 aromatic rings. The summed E-state index contributed by atoms with van der Waals surface area (Å²) in [6.45, 7) is 2.91. The molecule has 0 saturated carbocycles. The number of carbonyl (C=O) groups excluding carboxylic acids is 4. The van der Waals surface area contributed by atoms with Crippen LogP contribution >= 0.6 is 11.8 Å². The van der Waals surface area contributed by atoms with Crippen LogP contribution in [0.2, 0.25) is 0 Å². The molecule has 2 aliphatic rings. The Hall–Kier alpha value is -3.17. The molecule has 0 radical (unpaired) electrons. The van der Waals surface area contributed by atoms with Crippen LogP contribution in [-0.4, -0.2) is 67.3 Å². The van der Waals surface area contributed by atoms with E-state index < -0.39 is 24.4 Å². The van der Waals surface area contributed by atoms with Gasteiger partial charge in [0, 0.05) is 37.0 Å². The number of amides is 3. The minimum Gasteiger partial charge on any atom is -0.452 e. The Bertz CT molecular complexity index is 1130. The van der Waals surface area contributed by atoms with Crippen LogP contribution in [0.4, 0.5) is 5.69 Å². The fourth-order valence-corrected chi connectivity index (χ4v) is 5.14. The molecule has 8 nitrogen and oxygen atoms in total. The average Bonchev–Trinajstić information content (AvgIpc) is 2.96. The van der Waals surface area contributed by atoms with E-state index in [1.165, 1.54) is 18.2 Å². The number of methoxy groups -OCH3 is 1. The Labute approximate surface area is 202 Å². The Kier molecular flexibility index (Phi) is 7.33. The number of thioether (sulfide) groups is 1. The van der Waals surface area contributed by atoms with Crippen LogP contribution in [-0.2, 0) is 14.3 Å². The van der Waals surface area contributed by atoms with Gasteiger partial charge in [-0.1, -0.05) is 19.1 Å². The van der Waals surface area contributed by atoms with Crippen molar-refractivity contribution in [1.82, 2.24) is 4.90 Å². The number of carbonyl (C=O) groups is 4. The molecule has 2 aromatic carbocycles. The Morgan fingerprint density at radius 2 is 1.85 bits per heavy atom. The molecule has 2 heterocycles. The zero-order chi connectivity index (χ0) is 24.2. The van der Waals surface area contributed by atoms with Gasteiger partial charge in [0.1, 0.15) is 0 Å². The second kappa shape index (κ2) is 10.4. The second-order valence-corrected chi connectivity index (χ2v) is 9.66. The normalized spacial score (nSPS) is 17.3. The number of esters is 1. The standard InChI is InChI=1S/C25H26N2O6S/c1-16-10-12-26(20-6-3-4-7-21(20)34-16)22(28)15-33-25(31)17-8-9-18-19(14-17)24(30)27(23(18)29)11-5-13-32-2/h3-4,6-9,14,16H,5,10-13,15H2,1-2H3/t16-/m0/s1. The van der Waals surface area contributed by atoms with Crippen LogP contribution in [0, 0.1) is 0 Å². The van der Waals surface area contributed by atoms with Gasteiger partial charge in [0.25, 0.3) is 17.7 Å². The number of fused-ring (bicyclic) bond motifs is 2. The van der Waals surface area contributed by atoms with E-state index >= 15 is 0 Å². The SMILES string of the molecule is COCCCN1C(=O)c2ccc(C(=O)OCC(=O)N3CC[C@H](C)Sc4ccccc43)cc2C1=O. The molecule has 2 aliphatic heterocycles. The summed E-state index contributed by atoms with van der Waals surface area (Å²) in [5.41, 5.74) is 1.35. The third-order valence-corrected chi connectivity index (χ3v) is 7.05. The summed E-state index contributed by atoms with van der Waals surface area (Å²) in [6.07, 6.45) is 1.34. The Morgan fingerprint density at radius 1 is 1.09 bits per heavy atom. The molecule has 4 rings (SSSR count). The van der Waals surface area contributed by atoms with Crippen molar-refractivity contribution in [3.63, 3.8) is 0 Å². The van der Waals surface area contributed by atoms with Crippen LogP contribution in [0.3, 0.4) is 0 Å². The van der Waals surface area contributed by atoms with Crippen LogP contribution in [0.5, 0.6) is 0 Å². The van der Waals surface area contributed by atoms with E-state index in [-0.39, 0.29) is 29.1 Å². The maximum absolute atomic E-state index is 12.9. The van der Waals surface area contributed by atoms with Crippen molar-refractivity contribution in [2.45, 2.75) is 29.9 Å². The van der Waals surface area contributed by atoms with E-state index in [2.05, 4.69) is 6.92 Å². The second-order valence-electron chi connectivity index (χ2n) is 8.18. The van der Waals surface area contributed by atoms with Gasteiger partial charge in [0.15, 0.2) is 6.61 Å². The largest absolute Gasteiger partial charge is 0.452 e. The maximum atomic E-state index is 12.9. The highest BCUT2D eigenvalue weighted by molar-refractivity contribution is 8.00. The summed E-state index contributed by atoms with van der Waals surface area (Å²) in [6, 6.07) is 11.9. The van der Waals surface area contributed by atoms with Gasteiger partial charge < -0.3 is 14.4 Å². The molecule has 0 unspecified atom stereocenters. The van der Waals surface area contributed by atoms with Gasteiger partial charge in [-0.15, -0.1) is 11.8 Å². The molecule has 9 heteroatoms. The molecule has 1 atom stereocenters. The number of nitrogens with zero attached hydrogens (tertiary/aromatic N) is 2. The summed E-state index contributed by atoms with van der Waals surface area (Å²) >= 11 is 1.72. The molecule has 3 amide bonds. The fraction of sp³-hybridized carbons (Fsp3) is 0.360. The number of ether oxygens (including phenoxy) is 2. The molecular weight excluding hydrogens is 456 g/mol. The summed E-state index contributed by atoms with van der Waals surface area (Å²) in [5.74, 6) is -1.87. The molecule has 178 valence electrons. The van der Waals surface area contributed by atoms with Crippen LogP contribution in [0.15, 0.2) is 47.4 Å². The molecule has 0 aromatic heterocycles. The van der Waals surface area contributed by atoms with Crippen molar-refractivity contribution in [1.29, 1.82) is 0 Å². The first-order valence-electron chi connectivity index (χ1n) is 11.1. The molecular formula is C25H26N2O6S. The van der Waals surface area contributed by atoms with E-state index in [1.54, 1.807) is 23.8 Å². The third-order valence-electron chi connectivity index (χ3n) is 5.81. The molecule has 0 saturated heterocycles. The highest BCUT2D eigenvalue weighted by Crippen LogP contribution is 2.37. The zero-order valence-corrected chi connectivity index (χ0v) is 19.9. The quantitative estimate of drug-likeness (QED) is 0.339. The van der Waals surface area contributed by atoms with Gasteiger partial charge in [0.2, 0.25) is 0 Å². The smallest absolute Gasteiger partial charge is 0.338 e. The topological polar surface area (TPSA) is 93.2 Å². The predicted molar refractivity (Wildman–Crippen MR) is 127 cm³/mol. The van der Waals surface area contributed by atoms with Crippen LogP contribution < -0.4 is 4.90 Å². The van der Waals surface area contributed by atoms with Gasteiger partial charge in [0.05, 0.1) is 22.4 Å². The van der Waals surface area contributed by atoms with E-state index in [0.717, 1.165) is 21.9 Å². The molecule has 0 N–H and O–H groups in total. The minimum atomic E-state index is -0.722. The van der Waals surface area contributed by atoms with Crippen molar-refractivity contribution in [3.8, 4) is 0 Å². The molecule has 34 heavy (non-hydrogen) atoms. The number of anilines is 1. The third kappa shape index (κ3) is 4.85. The monoisotopic (exact) mass is 482 g/mol. The highest BCUT2D eigenvalue weighted by atomic mass is 32.2. The molecule has 0 aliphatic carbocycles. The van der Waals surface area contributed by atoms with Gasteiger partial charge >= 0.3 is 5.97 Å². The summed E-state index contributed by atoms with van der Waals surface area (Å²) in [7, 11) is 1.55. The van der Waals surface area contributed by atoms with Gasteiger partial charge in [-0.3, -0.25) is 19.3 Å². The van der Waals surface area contributed by atoms with Gasteiger partial charge in [-0.05, 0) is 43.2 Å². The number of hydrogen-bond acceptors (Lipinski definition) is 7. The molecule has 0 spiro atoms. The Morgan fingerprint density at radius 3 is 2.65 bits per heavy atom. The van der Waals surface area contributed by atoms with Crippen LogP contribution in [0.1, 0.15) is 50.8 Å². The summed E-state index contributed by atoms with van der Waals surface area (Å²) < 4.78 is 10.3. The number of rotatable bonds is 7. The van der Waals surface area contributed by atoms with Crippen molar-refractivity contribution >= 4 is 41.1 Å². The first-order chi connectivity index (χ1) is 16.4. The van der Waals surface area contributed by atoms with E-state index in [4.69, 9.17) is 9.47 Å². The maximum Gasteiger partial charge on any atom is 0.338 e. The van der Waals surface area contributed by atoms with Crippen molar-refractivity contribution < 1.29 is 28.7 Å². The van der Waals surface area contributed by atoms with E-state index in [9.17, 15) is 19.2 Å². The fourth-order valence-electron chi connectivity index (χ4n) is 4.02. The molecule has 0 fully saturated rings. The highest BCUT2D eigenvalue weighted by Gasteiger charge is 2.35. The van der Waals surface area contributed by atoms with Gasteiger partial charge in [-0.2, -0.15) is 0 Å². The van der Waals surface area contributed by atoms with E-state index in [1.807, 2.05) is 24.3 Å². The number of hydrogen-bond donors (Lipinski definition) is 0. The predicted octanol–water partition coefficient (Wildman–Crippen LogP) is 3.39. The lowest BCUT2D eigenvalue weighted by atomic mass is 10.1. The number of para-hydroxylation sites is 1. The number of imide groups is 1. The summed E-state index contributed by atoms with van der Waals surface area (Å²) in [4.78, 5) is 54.6. The van der Waals surface area contributed by atoms with Crippen LogP contribution in [0.25, 0.3) is 0 Å². The van der Waals surface area contributed by atoms with E-state index in [0.29, 0.717) is 24.8 Å². The average molecular weight is 483 g/mol. The lowest BCUT2D eigenvalue weighted by Gasteiger charge is -2.22. The minimum absolute atomic E-state index is 0.117. The lowest BCUT2D eigenvalue weighted by Crippen LogP contribution is -2.35. The lowest BCUT2D eigenvalue weighted by molar-refractivity contribution is -0.121. The van der Waals surface area contributed by atoms with Crippen molar-refractivity contribution in [3.05, 3.63) is 59.2 Å². The zero-order valence-electron chi connectivity index (χ0n) is 19.1.